The van der Waals surface area contributed by atoms with Crippen LogP contribution in [0.4, 0.5) is 0 Å². The first-order chi connectivity index (χ1) is 12.2. The lowest BCUT2D eigenvalue weighted by Gasteiger charge is -2.25. The van der Waals surface area contributed by atoms with Crippen molar-refractivity contribution < 1.29 is 18.9 Å². The lowest BCUT2D eigenvalue weighted by Crippen LogP contribution is -2.37. The predicted octanol–water partition coefficient (Wildman–Crippen LogP) is 2.10. The van der Waals surface area contributed by atoms with E-state index in [-0.39, 0.29) is 11.8 Å². The summed E-state index contributed by atoms with van der Waals surface area (Å²) >= 11 is 0. The number of carbonyl (C=O) groups excluding carboxylic acids is 1. The van der Waals surface area contributed by atoms with Crippen molar-refractivity contribution in [3.63, 3.8) is 0 Å². The van der Waals surface area contributed by atoms with Gasteiger partial charge < -0.3 is 14.8 Å². The van der Waals surface area contributed by atoms with Crippen LogP contribution in [-0.2, 0) is 17.8 Å². The van der Waals surface area contributed by atoms with Crippen molar-refractivity contribution in [2.45, 2.75) is 13.0 Å². The number of rotatable bonds is 4. The van der Waals surface area contributed by atoms with E-state index >= 15 is 0 Å². The molecular weight excluding hydrogens is 322 g/mol. The molecule has 1 atom stereocenters. The summed E-state index contributed by atoms with van der Waals surface area (Å²) in [6.07, 6.45) is 0.650. The second-order valence-electron chi connectivity index (χ2n) is 5.99. The Hall–Kier alpha value is -3.09. The fourth-order valence-corrected chi connectivity index (χ4v) is 2.92. The van der Waals surface area contributed by atoms with E-state index in [9.17, 15) is 4.79 Å². The Morgan fingerprint density at radius 3 is 3.00 bits per heavy atom. The first-order valence-electron chi connectivity index (χ1n) is 8.01. The summed E-state index contributed by atoms with van der Waals surface area (Å²) in [6, 6.07) is 11.2. The van der Waals surface area contributed by atoms with Crippen LogP contribution in [-0.4, -0.2) is 29.9 Å². The number of methoxy groups -OCH3 is 1. The molecule has 2 heterocycles. The van der Waals surface area contributed by atoms with E-state index in [0.717, 1.165) is 22.6 Å². The van der Waals surface area contributed by atoms with E-state index in [0.29, 0.717) is 30.6 Å². The number of benzene rings is 2. The quantitative estimate of drug-likeness (QED) is 0.783. The molecule has 7 heteroatoms. The fraction of sp³-hybridized carbons (Fsp3) is 0.278. The zero-order valence-electron chi connectivity index (χ0n) is 13.7. The molecule has 2 aromatic carbocycles. The van der Waals surface area contributed by atoms with Crippen LogP contribution in [0.3, 0.4) is 0 Å². The highest BCUT2D eigenvalue weighted by molar-refractivity contribution is 5.80. The maximum atomic E-state index is 12.5. The van der Waals surface area contributed by atoms with Crippen molar-refractivity contribution in [3.8, 4) is 11.5 Å². The van der Waals surface area contributed by atoms with Crippen LogP contribution in [0.1, 0.15) is 11.1 Å². The van der Waals surface area contributed by atoms with Gasteiger partial charge in [-0.15, -0.1) is 0 Å². The first-order valence-corrected chi connectivity index (χ1v) is 8.01. The zero-order chi connectivity index (χ0) is 17.2. The third-order valence-electron chi connectivity index (χ3n) is 4.34. The van der Waals surface area contributed by atoms with E-state index in [1.54, 1.807) is 7.11 Å². The fourth-order valence-electron chi connectivity index (χ4n) is 2.92. The molecule has 0 unspecified atom stereocenters. The van der Waals surface area contributed by atoms with Crippen molar-refractivity contribution in [1.82, 2.24) is 15.6 Å². The standard InChI is InChI=1S/C18H17N3O4/c1-23-14-4-3-12-7-13(10-24-17(12)8-14)18(22)19-9-11-2-5-15-16(6-11)21-25-20-15/h2-6,8,13H,7,9-10H2,1H3,(H,19,22)/t13-/m1/s1. The summed E-state index contributed by atoms with van der Waals surface area (Å²) in [6.45, 7) is 0.784. The smallest absolute Gasteiger partial charge is 0.227 e. The molecule has 0 bridgehead atoms. The van der Waals surface area contributed by atoms with Crippen molar-refractivity contribution in [2.75, 3.05) is 13.7 Å². The van der Waals surface area contributed by atoms with Gasteiger partial charge in [0.05, 0.1) is 13.0 Å². The molecule has 4 rings (SSSR count). The van der Waals surface area contributed by atoms with E-state index in [1.165, 1.54) is 0 Å². The molecule has 0 saturated carbocycles. The number of amides is 1. The van der Waals surface area contributed by atoms with Crippen LogP contribution in [0, 0.1) is 5.92 Å². The SMILES string of the molecule is COc1ccc2c(c1)OC[C@H](C(=O)NCc1ccc3nonc3c1)C2. The van der Waals surface area contributed by atoms with Gasteiger partial charge in [0.15, 0.2) is 0 Å². The van der Waals surface area contributed by atoms with Crippen molar-refractivity contribution in [3.05, 3.63) is 47.5 Å². The molecule has 128 valence electrons. The Morgan fingerprint density at radius 1 is 1.24 bits per heavy atom. The number of hydrogen-bond donors (Lipinski definition) is 1. The van der Waals surface area contributed by atoms with E-state index in [1.807, 2.05) is 36.4 Å². The van der Waals surface area contributed by atoms with Crippen molar-refractivity contribution >= 4 is 16.9 Å². The summed E-state index contributed by atoms with van der Waals surface area (Å²) < 4.78 is 15.6. The van der Waals surface area contributed by atoms with Gasteiger partial charge in [0.2, 0.25) is 5.91 Å². The summed E-state index contributed by atoms with van der Waals surface area (Å²) in [4.78, 5) is 12.5. The average Bonchev–Trinajstić information content (AvgIpc) is 3.13. The number of hydrogen-bond acceptors (Lipinski definition) is 6. The van der Waals surface area contributed by atoms with Gasteiger partial charge >= 0.3 is 0 Å². The van der Waals surface area contributed by atoms with Gasteiger partial charge in [0, 0.05) is 12.6 Å². The van der Waals surface area contributed by atoms with Gasteiger partial charge in [-0.1, -0.05) is 12.1 Å². The van der Waals surface area contributed by atoms with Crippen molar-refractivity contribution in [2.24, 2.45) is 5.92 Å². The third kappa shape index (κ3) is 3.13. The molecule has 1 N–H and O–H groups in total. The molecule has 1 amide bonds. The second-order valence-corrected chi connectivity index (χ2v) is 5.99. The first kappa shape index (κ1) is 15.4. The van der Waals surface area contributed by atoms with Crippen LogP contribution < -0.4 is 14.8 Å². The Labute approximate surface area is 143 Å². The lowest BCUT2D eigenvalue weighted by atomic mass is 9.96. The number of nitrogens with zero attached hydrogens (tertiary/aromatic N) is 2. The van der Waals surface area contributed by atoms with Gasteiger partial charge in [0.1, 0.15) is 29.1 Å². The molecule has 0 spiro atoms. The van der Waals surface area contributed by atoms with E-state index < -0.39 is 0 Å². The molecule has 0 radical (unpaired) electrons. The molecule has 25 heavy (non-hydrogen) atoms. The van der Waals surface area contributed by atoms with Gasteiger partial charge in [0.25, 0.3) is 0 Å². The Morgan fingerprint density at radius 2 is 2.12 bits per heavy atom. The molecule has 0 aliphatic carbocycles. The highest BCUT2D eigenvalue weighted by atomic mass is 16.6. The highest BCUT2D eigenvalue weighted by Gasteiger charge is 2.26. The Balaban J connectivity index is 1.39. The molecule has 1 aliphatic rings. The van der Waals surface area contributed by atoms with E-state index in [4.69, 9.17) is 9.47 Å². The van der Waals surface area contributed by atoms with Crippen LogP contribution in [0.5, 0.6) is 11.5 Å². The monoisotopic (exact) mass is 339 g/mol. The molecule has 7 nitrogen and oxygen atoms in total. The largest absolute Gasteiger partial charge is 0.497 e. The zero-order valence-corrected chi connectivity index (χ0v) is 13.7. The topological polar surface area (TPSA) is 86.5 Å². The molecular formula is C18H17N3O4. The summed E-state index contributed by atoms with van der Waals surface area (Å²) in [5.41, 5.74) is 3.33. The lowest BCUT2D eigenvalue weighted by molar-refractivity contribution is -0.126. The number of aromatic nitrogens is 2. The molecule has 3 aromatic rings. The molecule has 0 fully saturated rings. The Bertz CT molecular complexity index is 922. The van der Waals surface area contributed by atoms with Crippen LogP contribution in [0.15, 0.2) is 41.0 Å². The number of nitrogens with one attached hydrogen (secondary N) is 1. The van der Waals surface area contributed by atoms with Gasteiger partial charge in [-0.3, -0.25) is 4.79 Å². The normalized spacial score (nSPS) is 16.1. The number of ether oxygens (including phenoxy) is 2. The average molecular weight is 339 g/mol. The summed E-state index contributed by atoms with van der Waals surface area (Å²) in [5, 5.41) is 10.5. The third-order valence-corrected chi connectivity index (χ3v) is 4.34. The number of fused-ring (bicyclic) bond motifs is 2. The summed E-state index contributed by atoms with van der Waals surface area (Å²) in [7, 11) is 1.62. The van der Waals surface area contributed by atoms with Crippen LogP contribution in [0.2, 0.25) is 0 Å². The highest BCUT2D eigenvalue weighted by Crippen LogP contribution is 2.31. The molecule has 1 aromatic heterocycles. The second kappa shape index (κ2) is 6.43. The van der Waals surface area contributed by atoms with Gasteiger partial charge in [-0.25, -0.2) is 4.63 Å². The van der Waals surface area contributed by atoms with Crippen LogP contribution >= 0.6 is 0 Å². The predicted molar refractivity (Wildman–Crippen MR) is 89.3 cm³/mol. The number of carbonyl (C=O) groups is 1. The van der Waals surface area contributed by atoms with Gasteiger partial charge in [-0.05, 0) is 46.1 Å². The van der Waals surface area contributed by atoms with E-state index in [2.05, 4.69) is 20.3 Å². The van der Waals surface area contributed by atoms with Crippen molar-refractivity contribution in [1.29, 1.82) is 0 Å². The maximum absolute atomic E-state index is 12.5. The molecule has 0 saturated heterocycles. The summed E-state index contributed by atoms with van der Waals surface area (Å²) in [5.74, 6) is 1.30. The minimum absolute atomic E-state index is 0.0279. The minimum Gasteiger partial charge on any atom is -0.497 e. The molecule has 1 aliphatic heterocycles. The minimum atomic E-state index is -0.210. The maximum Gasteiger partial charge on any atom is 0.227 e. The van der Waals surface area contributed by atoms with Gasteiger partial charge in [-0.2, -0.15) is 0 Å². The Kier molecular flexibility index (Phi) is 3.97. The van der Waals surface area contributed by atoms with Crippen LogP contribution in [0.25, 0.3) is 11.0 Å².